The molecule has 0 aliphatic rings. The molecule has 94 valence electrons. The van der Waals surface area contributed by atoms with Gasteiger partial charge in [-0.25, -0.2) is 13.2 Å². The molecule has 0 aromatic heterocycles. The van der Waals surface area contributed by atoms with Gasteiger partial charge in [0.05, 0.1) is 0 Å². The third kappa shape index (κ3) is 3.20. The van der Waals surface area contributed by atoms with Gasteiger partial charge in [0.15, 0.2) is 0 Å². The van der Waals surface area contributed by atoms with Crippen molar-refractivity contribution >= 4 is 5.91 Å². The van der Waals surface area contributed by atoms with Crippen LogP contribution in [0.5, 0.6) is 0 Å². The summed E-state index contributed by atoms with van der Waals surface area (Å²) in [5.74, 6) is -4.24. The summed E-state index contributed by atoms with van der Waals surface area (Å²) in [6.45, 7) is 0.790. The molecule has 0 radical (unpaired) electrons. The van der Waals surface area contributed by atoms with Crippen LogP contribution in [-0.2, 0) is 0 Å². The highest BCUT2D eigenvalue weighted by Gasteiger charge is 2.21. The predicted molar refractivity (Wildman–Crippen MR) is 57.2 cm³/mol. The van der Waals surface area contributed by atoms with Gasteiger partial charge in [-0.05, 0) is 7.05 Å². The maximum absolute atomic E-state index is 13.3. The molecule has 1 rings (SSSR count). The number of carbonyl (C=O) groups is 1. The van der Waals surface area contributed by atoms with Crippen molar-refractivity contribution in [2.45, 2.75) is 0 Å². The summed E-state index contributed by atoms with van der Waals surface area (Å²) in [4.78, 5) is 12.9. The smallest absolute Gasteiger partial charge is 0.259 e. The van der Waals surface area contributed by atoms with Crippen LogP contribution in [0.3, 0.4) is 0 Å². The molecule has 0 aliphatic carbocycles. The number of carbonyl (C=O) groups excluding carboxylic acids is 1. The average Bonchev–Trinajstić information content (AvgIpc) is 2.24. The summed E-state index contributed by atoms with van der Waals surface area (Å²) in [5, 5.41) is 2.80. The van der Waals surface area contributed by atoms with E-state index in [1.54, 1.807) is 7.05 Å². The summed E-state index contributed by atoms with van der Waals surface area (Å²) < 4.78 is 39.3. The van der Waals surface area contributed by atoms with Crippen LogP contribution < -0.4 is 5.32 Å². The zero-order chi connectivity index (χ0) is 13.0. The molecule has 0 unspecified atom stereocenters. The highest BCUT2D eigenvalue weighted by Crippen LogP contribution is 2.16. The molecular weight excluding hydrogens is 233 g/mol. The van der Waals surface area contributed by atoms with E-state index in [-0.39, 0.29) is 0 Å². The fraction of sp³-hybridized carbons (Fsp3) is 0.364. The van der Waals surface area contributed by atoms with Gasteiger partial charge in [0.1, 0.15) is 23.0 Å². The first-order valence-electron chi connectivity index (χ1n) is 5.02. The van der Waals surface area contributed by atoms with Crippen LogP contribution in [0, 0.1) is 17.5 Å². The van der Waals surface area contributed by atoms with E-state index in [0.717, 1.165) is 4.90 Å². The zero-order valence-electron chi connectivity index (χ0n) is 9.56. The van der Waals surface area contributed by atoms with E-state index in [2.05, 4.69) is 5.32 Å². The fourth-order valence-corrected chi connectivity index (χ4v) is 1.32. The first kappa shape index (κ1) is 13.5. The zero-order valence-corrected chi connectivity index (χ0v) is 9.56. The second-order valence-electron chi connectivity index (χ2n) is 3.57. The number of benzene rings is 1. The van der Waals surface area contributed by atoms with Crippen molar-refractivity contribution in [2.24, 2.45) is 0 Å². The monoisotopic (exact) mass is 246 g/mol. The summed E-state index contributed by atoms with van der Waals surface area (Å²) in [6.07, 6.45) is 0. The molecule has 0 spiro atoms. The molecular formula is C11H13F3N2O. The number of amides is 1. The molecule has 1 N–H and O–H groups in total. The maximum atomic E-state index is 13.3. The first-order valence-corrected chi connectivity index (χ1v) is 5.02. The Balaban J connectivity index is 2.96. The Labute approximate surface area is 97.2 Å². The van der Waals surface area contributed by atoms with Crippen molar-refractivity contribution in [2.75, 3.05) is 27.2 Å². The van der Waals surface area contributed by atoms with Crippen LogP contribution in [0.1, 0.15) is 10.4 Å². The molecule has 0 bridgehead atoms. The maximum Gasteiger partial charge on any atom is 0.259 e. The molecule has 0 atom stereocenters. The topological polar surface area (TPSA) is 32.3 Å². The predicted octanol–water partition coefficient (Wildman–Crippen LogP) is 1.40. The van der Waals surface area contributed by atoms with Crippen LogP contribution in [0.15, 0.2) is 12.1 Å². The van der Waals surface area contributed by atoms with Gasteiger partial charge in [-0.15, -0.1) is 0 Å². The van der Waals surface area contributed by atoms with Gasteiger partial charge in [-0.2, -0.15) is 0 Å². The van der Waals surface area contributed by atoms with Crippen molar-refractivity contribution in [3.05, 3.63) is 35.1 Å². The van der Waals surface area contributed by atoms with Gasteiger partial charge in [0.25, 0.3) is 5.91 Å². The van der Waals surface area contributed by atoms with Crippen molar-refractivity contribution in [3.63, 3.8) is 0 Å². The second-order valence-corrected chi connectivity index (χ2v) is 3.57. The Morgan fingerprint density at radius 3 is 2.29 bits per heavy atom. The molecule has 1 aromatic rings. The molecule has 0 saturated carbocycles. The largest absolute Gasteiger partial charge is 0.340 e. The number of nitrogens with one attached hydrogen (secondary N) is 1. The Morgan fingerprint density at radius 2 is 1.82 bits per heavy atom. The lowest BCUT2D eigenvalue weighted by atomic mass is 10.1. The Bertz CT molecular complexity index is 400. The molecule has 0 heterocycles. The number of likely N-dealkylation sites (N-methyl/N-ethyl adjacent to an activating group) is 2. The van der Waals surface area contributed by atoms with Crippen molar-refractivity contribution in [1.29, 1.82) is 0 Å². The Kier molecular flexibility index (Phi) is 4.51. The van der Waals surface area contributed by atoms with Gasteiger partial charge < -0.3 is 10.2 Å². The molecule has 0 saturated heterocycles. The molecule has 6 heteroatoms. The summed E-state index contributed by atoms with van der Waals surface area (Å²) in [5.41, 5.74) is -0.731. The van der Waals surface area contributed by atoms with Crippen LogP contribution >= 0.6 is 0 Å². The number of hydrogen-bond donors (Lipinski definition) is 1. The van der Waals surface area contributed by atoms with E-state index in [0.29, 0.717) is 25.2 Å². The molecule has 0 fully saturated rings. The van der Waals surface area contributed by atoms with E-state index in [1.807, 2.05) is 0 Å². The van der Waals surface area contributed by atoms with E-state index < -0.39 is 28.9 Å². The standard InChI is InChI=1S/C11H13F3N2O/c1-15-3-4-16(2)11(17)10-8(13)5-7(12)6-9(10)14/h5-6,15H,3-4H2,1-2H3. The van der Waals surface area contributed by atoms with Crippen molar-refractivity contribution < 1.29 is 18.0 Å². The van der Waals surface area contributed by atoms with Gasteiger partial charge in [-0.3, -0.25) is 4.79 Å². The molecule has 0 aliphatic heterocycles. The van der Waals surface area contributed by atoms with Crippen molar-refractivity contribution in [1.82, 2.24) is 10.2 Å². The normalized spacial score (nSPS) is 10.4. The fourth-order valence-electron chi connectivity index (χ4n) is 1.32. The summed E-state index contributed by atoms with van der Waals surface area (Å²) in [6, 6.07) is 0.977. The third-order valence-electron chi connectivity index (χ3n) is 2.26. The molecule has 3 nitrogen and oxygen atoms in total. The van der Waals surface area contributed by atoms with Crippen LogP contribution in [-0.4, -0.2) is 38.0 Å². The lowest BCUT2D eigenvalue weighted by molar-refractivity contribution is 0.0787. The van der Waals surface area contributed by atoms with Crippen LogP contribution in [0.25, 0.3) is 0 Å². The lowest BCUT2D eigenvalue weighted by Crippen LogP contribution is -2.33. The number of halogens is 3. The average molecular weight is 246 g/mol. The lowest BCUT2D eigenvalue weighted by Gasteiger charge is -2.17. The molecule has 1 amide bonds. The minimum Gasteiger partial charge on any atom is -0.340 e. The van der Waals surface area contributed by atoms with E-state index >= 15 is 0 Å². The van der Waals surface area contributed by atoms with Gasteiger partial charge in [0.2, 0.25) is 0 Å². The van der Waals surface area contributed by atoms with Crippen LogP contribution in [0.4, 0.5) is 13.2 Å². The minimum atomic E-state index is -1.19. The molecule has 17 heavy (non-hydrogen) atoms. The highest BCUT2D eigenvalue weighted by molar-refractivity contribution is 5.94. The summed E-state index contributed by atoms with van der Waals surface area (Å²) in [7, 11) is 3.11. The Morgan fingerprint density at radius 1 is 1.29 bits per heavy atom. The van der Waals surface area contributed by atoms with E-state index in [9.17, 15) is 18.0 Å². The second kappa shape index (κ2) is 5.67. The SMILES string of the molecule is CNCCN(C)C(=O)c1c(F)cc(F)cc1F. The van der Waals surface area contributed by atoms with Gasteiger partial charge in [-0.1, -0.05) is 0 Å². The highest BCUT2D eigenvalue weighted by atomic mass is 19.1. The third-order valence-corrected chi connectivity index (χ3v) is 2.26. The Hall–Kier alpha value is -1.56. The van der Waals surface area contributed by atoms with Gasteiger partial charge in [0, 0.05) is 32.3 Å². The van der Waals surface area contributed by atoms with Gasteiger partial charge >= 0.3 is 0 Å². The van der Waals surface area contributed by atoms with Crippen LogP contribution in [0.2, 0.25) is 0 Å². The quantitative estimate of drug-likeness (QED) is 0.870. The number of hydrogen-bond acceptors (Lipinski definition) is 2. The number of rotatable bonds is 4. The minimum absolute atomic E-state index is 0.297. The van der Waals surface area contributed by atoms with E-state index in [1.165, 1.54) is 7.05 Å². The summed E-state index contributed by atoms with van der Waals surface area (Å²) >= 11 is 0. The van der Waals surface area contributed by atoms with E-state index in [4.69, 9.17) is 0 Å². The van der Waals surface area contributed by atoms with Crippen molar-refractivity contribution in [3.8, 4) is 0 Å². The first-order chi connectivity index (χ1) is 7.97. The number of nitrogens with zero attached hydrogens (tertiary/aromatic N) is 1. The molecule has 1 aromatic carbocycles.